The van der Waals surface area contributed by atoms with Gasteiger partial charge in [0, 0.05) is 19.5 Å². The molecule has 0 bridgehead atoms. The predicted molar refractivity (Wildman–Crippen MR) is 117 cm³/mol. The van der Waals surface area contributed by atoms with Crippen LogP contribution in [0.3, 0.4) is 0 Å². The molecular formula is C23H29FN2O4S. The average Bonchev–Trinajstić information content (AvgIpc) is 2.77. The summed E-state index contributed by atoms with van der Waals surface area (Å²) in [5.41, 5.74) is 2.34. The van der Waals surface area contributed by atoms with Gasteiger partial charge in [-0.15, -0.1) is 0 Å². The molecule has 0 aromatic heterocycles. The van der Waals surface area contributed by atoms with E-state index in [9.17, 15) is 17.6 Å². The average molecular weight is 449 g/mol. The molecule has 31 heavy (non-hydrogen) atoms. The van der Waals surface area contributed by atoms with Crippen molar-refractivity contribution in [3.63, 3.8) is 0 Å². The van der Waals surface area contributed by atoms with Crippen LogP contribution < -0.4 is 14.8 Å². The van der Waals surface area contributed by atoms with Gasteiger partial charge in [0.05, 0.1) is 11.5 Å². The molecule has 0 saturated heterocycles. The largest absolute Gasteiger partial charge is 0.494 e. The summed E-state index contributed by atoms with van der Waals surface area (Å²) in [6, 6.07) is 11.1. The fraction of sp³-hybridized carbons (Fsp3) is 0.435. The van der Waals surface area contributed by atoms with Crippen LogP contribution in [0.15, 0.2) is 47.4 Å². The van der Waals surface area contributed by atoms with Gasteiger partial charge in [0.25, 0.3) is 0 Å². The van der Waals surface area contributed by atoms with E-state index in [0.717, 1.165) is 44.1 Å². The zero-order valence-corrected chi connectivity index (χ0v) is 18.3. The van der Waals surface area contributed by atoms with Gasteiger partial charge in [0.15, 0.2) is 0 Å². The standard InChI is InChI=1S/C23H29FN2O4S/c24-20-8-10-21(11-9-20)30-16-4-3-14-25-23(27)13-15-26-31(28,29)22-12-7-18-5-1-2-6-19(18)17-22/h7-12,17,26H,1-6,13-16H2,(H,25,27). The minimum absolute atomic E-state index is 0.0545. The van der Waals surface area contributed by atoms with Crippen LogP contribution in [0, 0.1) is 5.82 Å². The van der Waals surface area contributed by atoms with E-state index in [2.05, 4.69) is 10.0 Å². The monoisotopic (exact) mass is 448 g/mol. The number of halogens is 1. The van der Waals surface area contributed by atoms with E-state index in [4.69, 9.17) is 4.74 Å². The molecule has 3 rings (SSSR count). The minimum atomic E-state index is -3.62. The SMILES string of the molecule is O=C(CCNS(=O)(=O)c1ccc2c(c1)CCCC2)NCCCCOc1ccc(F)cc1. The van der Waals surface area contributed by atoms with Crippen LogP contribution in [0.1, 0.15) is 43.2 Å². The lowest BCUT2D eigenvalue weighted by atomic mass is 9.92. The summed E-state index contributed by atoms with van der Waals surface area (Å²) in [4.78, 5) is 12.2. The van der Waals surface area contributed by atoms with Gasteiger partial charge in [-0.05, 0) is 86.1 Å². The summed E-state index contributed by atoms with van der Waals surface area (Å²) < 4.78 is 45.8. The van der Waals surface area contributed by atoms with Crippen molar-refractivity contribution in [3.8, 4) is 5.75 Å². The lowest BCUT2D eigenvalue weighted by molar-refractivity contribution is -0.120. The van der Waals surface area contributed by atoms with Crippen molar-refractivity contribution in [1.82, 2.24) is 10.0 Å². The quantitative estimate of drug-likeness (QED) is 0.517. The lowest BCUT2D eigenvalue weighted by Gasteiger charge is -2.16. The Kier molecular flexibility index (Phi) is 8.43. The Hall–Kier alpha value is -2.45. The molecule has 1 aliphatic rings. The topological polar surface area (TPSA) is 84.5 Å². The van der Waals surface area contributed by atoms with E-state index in [1.54, 1.807) is 24.3 Å². The number of amides is 1. The maximum Gasteiger partial charge on any atom is 0.240 e. The van der Waals surface area contributed by atoms with E-state index in [0.29, 0.717) is 18.9 Å². The van der Waals surface area contributed by atoms with Gasteiger partial charge >= 0.3 is 0 Å². The smallest absolute Gasteiger partial charge is 0.240 e. The normalized spacial score (nSPS) is 13.5. The van der Waals surface area contributed by atoms with E-state index in [1.807, 2.05) is 6.07 Å². The van der Waals surface area contributed by atoms with Crippen molar-refractivity contribution in [2.45, 2.75) is 49.8 Å². The second kappa shape index (κ2) is 11.2. The summed E-state index contributed by atoms with van der Waals surface area (Å²) in [7, 11) is -3.62. The number of sulfonamides is 1. The van der Waals surface area contributed by atoms with Gasteiger partial charge in [-0.1, -0.05) is 6.07 Å². The van der Waals surface area contributed by atoms with Gasteiger partial charge in [-0.3, -0.25) is 4.79 Å². The Morgan fingerprint density at radius 3 is 2.48 bits per heavy atom. The van der Waals surface area contributed by atoms with Crippen molar-refractivity contribution in [1.29, 1.82) is 0 Å². The van der Waals surface area contributed by atoms with Gasteiger partial charge < -0.3 is 10.1 Å². The van der Waals surface area contributed by atoms with E-state index < -0.39 is 10.0 Å². The zero-order valence-electron chi connectivity index (χ0n) is 17.5. The maximum absolute atomic E-state index is 12.8. The number of rotatable bonds is 11. The fourth-order valence-electron chi connectivity index (χ4n) is 3.52. The summed E-state index contributed by atoms with van der Waals surface area (Å²) in [6.07, 6.45) is 5.69. The Bertz CT molecular complexity index is 978. The number of hydrogen-bond donors (Lipinski definition) is 2. The van der Waals surface area contributed by atoms with Crippen molar-refractivity contribution in [2.75, 3.05) is 19.7 Å². The maximum atomic E-state index is 12.8. The number of benzene rings is 2. The summed E-state index contributed by atoms with van der Waals surface area (Å²) in [5, 5.41) is 2.78. The third kappa shape index (κ3) is 7.33. The second-order valence-electron chi connectivity index (χ2n) is 7.64. The van der Waals surface area contributed by atoms with Gasteiger partial charge in [0.2, 0.25) is 15.9 Å². The van der Waals surface area contributed by atoms with Crippen molar-refractivity contribution >= 4 is 15.9 Å². The molecule has 0 radical (unpaired) electrons. The first-order chi connectivity index (χ1) is 14.9. The highest BCUT2D eigenvalue weighted by atomic mass is 32.2. The predicted octanol–water partition coefficient (Wildman–Crippen LogP) is 3.35. The molecule has 0 aliphatic heterocycles. The number of carbonyl (C=O) groups excluding carboxylic acids is 1. The number of carbonyl (C=O) groups is 1. The Morgan fingerprint density at radius 1 is 0.968 bits per heavy atom. The minimum Gasteiger partial charge on any atom is -0.494 e. The van der Waals surface area contributed by atoms with Crippen molar-refractivity contribution < 1.29 is 22.3 Å². The molecular weight excluding hydrogens is 419 g/mol. The number of nitrogens with one attached hydrogen (secondary N) is 2. The van der Waals surface area contributed by atoms with Gasteiger partial charge in [-0.2, -0.15) is 0 Å². The Labute approximate surface area is 183 Å². The highest BCUT2D eigenvalue weighted by Crippen LogP contribution is 2.24. The first-order valence-electron chi connectivity index (χ1n) is 10.7. The zero-order chi connectivity index (χ0) is 22.1. The number of hydrogen-bond acceptors (Lipinski definition) is 4. The molecule has 2 aromatic carbocycles. The fourth-order valence-corrected chi connectivity index (χ4v) is 4.61. The Morgan fingerprint density at radius 2 is 1.71 bits per heavy atom. The van der Waals surface area contributed by atoms with Crippen LogP contribution in [0.2, 0.25) is 0 Å². The number of fused-ring (bicyclic) bond motifs is 1. The molecule has 0 unspecified atom stereocenters. The molecule has 6 nitrogen and oxygen atoms in total. The molecule has 0 saturated carbocycles. The van der Waals surface area contributed by atoms with Crippen LogP contribution in [-0.4, -0.2) is 34.0 Å². The molecule has 0 heterocycles. The van der Waals surface area contributed by atoms with E-state index in [-0.39, 0.29) is 29.6 Å². The molecule has 0 atom stereocenters. The first-order valence-corrected chi connectivity index (χ1v) is 12.2. The summed E-state index contributed by atoms with van der Waals surface area (Å²) in [5.74, 6) is 0.101. The van der Waals surface area contributed by atoms with Crippen LogP contribution >= 0.6 is 0 Å². The van der Waals surface area contributed by atoms with Gasteiger partial charge in [0.1, 0.15) is 11.6 Å². The highest BCUT2D eigenvalue weighted by Gasteiger charge is 2.17. The van der Waals surface area contributed by atoms with Gasteiger partial charge in [-0.25, -0.2) is 17.5 Å². The summed E-state index contributed by atoms with van der Waals surface area (Å²) in [6.45, 7) is 1.02. The van der Waals surface area contributed by atoms with Crippen LogP contribution in [-0.2, 0) is 27.7 Å². The van der Waals surface area contributed by atoms with E-state index >= 15 is 0 Å². The summed E-state index contributed by atoms with van der Waals surface area (Å²) >= 11 is 0. The number of ether oxygens (including phenoxy) is 1. The van der Waals surface area contributed by atoms with E-state index in [1.165, 1.54) is 17.7 Å². The molecule has 2 N–H and O–H groups in total. The molecule has 8 heteroatoms. The molecule has 1 amide bonds. The van der Waals surface area contributed by atoms with Crippen molar-refractivity contribution in [2.24, 2.45) is 0 Å². The third-order valence-electron chi connectivity index (χ3n) is 5.25. The number of unbranched alkanes of at least 4 members (excludes halogenated alkanes) is 1. The molecule has 0 spiro atoms. The molecule has 1 aliphatic carbocycles. The lowest BCUT2D eigenvalue weighted by Crippen LogP contribution is -2.31. The second-order valence-corrected chi connectivity index (χ2v) is 9.41. The first kappa shape index (κ1) is 23.2. The van der Waals surface area contributed by atoms with Crippen LogP contribution in [0.5, 0.6) is 5.75 Å². The molecule has 2 aromatic rings. The molecule has 168 valence electrons. The third-order valence-corrected chi connectivity index (χ3v) is 6.71. The highest BCUT2D eigenvalue weighted by molar-refractivity contribution is 7.89. The van der Waals surface area contributed by atoms with Crippen molar-refractivity contribution in [3.05, 3.63) is 59.4 Å². The number of aryl methyl sites for hydroxylation is 2. The molecule has 0 fully saturated rings. The van der Waals surface area contributed by atoms with Crippen LogP contribution in [0.25, 0.3) is 0 Å². The Balaban J connectivity index is 1.30. The van der Waals surface area contributed by atoms with Crippen LogP contribution in [0.4, 0.5) is 4.39 Å².